The third-order valence-electron chi connectivity index (χ3n) is 5.78. The Morgan fingerprint density at radius 2 is 0.929 bits per heavy atom. The lowest BCUT2D eigenvalue weighted by molar-refractivity contribution is -0.138. The smallest absolute Gasteiger partial charge is 0.330 e. The minimum atomic E-state index is -0.492. The Hall–Kier alpha value is -5.50. The van der Waals surface area contributed by atoms with Gasteiger partial charge < -0.3 is 29.9 Å². The van der Waals surface area contributed by atoms with E-state index in [0.29, 0.717) is 37.2 Å². The van der Waals surface area contributed by atoms with Gasteiger partial charge in [0.1, 0.15) is 23.0 Å². The second kappa shape index (κ2) is 16.6. The highest BCUT2D eigenvalue weighted by Gasteiger charge is 2.03. The lowest BCUT2D eigenvalue weighted by Crippen LogP contribution is -2.04. The molecule has 0 saturated heterocycles. The first-order valence-electron chi connectivity index (χ1n) is 13.1. The van der Waals surface area contributed by atoms with Gasteiger partial charge in [-0.3, -0.25) is 0 Å². The van der Waals surface area contributed by atoms with Gasteiger partial charge in [0.05, 0.1) is 13.2 Å². The molecular formula is C34H32O8. The van der Waals surface area contributed by atoms with E-state index >= 15 is 0 Å². The van der Waals surface area contributed by atoms with Crippen LogP contribution in [0.15, 0.2) is 109 Å². The number of rotatable bonds is 10. The van der Waals surface area contributed by atoms with E-state index in [-0.39, 0.29) is 23.0 Å². The Kier molecular flexibility index (Phi) is 12.2. The first-order chi connectivity index (χ1) is 20.3. The Morgan fingerprint density at radius 1 is 0.548 bits per heavy atom. The SMILES string of the molecule is O=C(/C=C/c1cc(O)ccc1O)OCCc1ccccc1.O=C(C=Cc1cc(O)ccc1O)OCCc1ccccc1. The number of hydrogen-bond acceptors (Lipinski definition) is 8. The molecule has 4 rings (SSSR count). The molecule has 216 valence electrons. The summed E-state index contributed by atoms with van der Waals surface area (Å²) >= 11 is 0. The van der Waals surface area contributed by atoms with E-state index in [4.69, 9.17) is 9.47 Å². The second-order valence-electron chi connectivity index (χ2n) is 8.96. The fourth-order valence-electron chi connectivity index (χ4n) is 3.59. The Labute approximate surface area is 244 Å². The van der Waals surface area contributed by atoms with Crippen LogP contribution < -0.4 is 0 Å². The van der Waals surface area contributed by atoms with Crippen LogP contribution in [0.2, 0.25) is 0 Å². The van der Waals surface area contributed by atoms with Crippen molar-refractivity contribution in [2.45, 2.75) is 12.8 Å². The minimum absolute atomic E-state index is 0.0128. The van der Waals surface area contributed by atoms with Crippen LogP contribution in [0.25, 0.3) is 12.2 Å². The van der Waals surface area contributed by atoms with Gasteiger partial charge in [-0.2, -0.15) is 0 Å². The number of hydrogen-bond donors (Lipinski definition) is 4. The summed E-state index contributed by atoms with van der Waals surface area (Å²) in [5.41, 5.74) is 2.91. The van der Waals surface area contributed by atoms with Crippen LogP contribution in [-0.4, -0.2) is 45.6 Å². The molecule has 4 aromatic carbocycles. The zero-order chi connectivity index (χ0) is 30.2. The van der Waals surface area contributed by atoms with Crippen LogP contribution in [0.1, 0.15) is 22.3 Å². The molecule has 0 heterocycles. The number of phenolic OH excluding ortho intramolecular Hbond substituents is 4. The van der Waals surface area contributed by atoms with Crippen molar-refractivity contribution in [1.82, 2.24) is 0 Å². The topological polar surface area (TPSA) is 134 Å². The van der Waals surface area contributed by atoms with Crippen LogP contribution in [0.4, 0.5) is 0 Å². The van der Waals surface area contributed by atoms with Crippen molar-refractivity contribution in [2.24, 2.45) is 0 Å². The number of carbonyl (C=O) groups excluding carboxylic acids is 2. The Morgan fingerprint density at radius 3 is 1.31 bits per heavy atom. The van der Waals surface area contributed by atoms with Crippen LogP contribution >= 0.6 is 0 Å². The van der Waals surface area contributed by atoms with E-state index in [1.807, 2.05) is 60.7 Å². The number of aromatic hydroxyl groups is 4. The van der Waals surface area contributed by atoms with Gasteiger partial charge in [0.25, 0.3) is 0 Å². The maximum Gasteiger partial charge on any atom is 0.330 e. The zero-order valence-electron chi connectivity index (χ0n) is 22.8. The Bertz CT molecular complexity index is 1380. The first kappa shape index (κ1) is 31.0. The normalized spacial score (nSPS) is 10.7. The van der Waals surface area contributed by atoms with E-state index in [1.165, 1.54) is 60.7 Å². The quantitative estimate of drug-likeness (QED) is 0.107. The highest BCUT2D eigenvalue weighted by atomic mass is 16.5. The lowest BCUT2D eigenvalue weighted by Gasteiger charge is -2.02. The van der Waals surface area contributed by atoms with Crippen molar-refractivity contribution in [1.29, 1.82) is 0 Å². The van der Waals surface area contributed by atoms with E-state index in [0.717, 1.165) is 11.1 Å². The molecule has 8 heteroatoms. The van der Waals surface area contributed by atoms with Gasteiger partial charge in [-0.05, 0) is 59.7 Å². The Balaban J connectivity index is 0.000000230. The molecule has 0 atom stereocenters. The summed E-state index contributed by atoms with van der Waals surface area (Å²) in [6.07, 6.45) is 6.55. The number of ether oxygens (including phenoxy) is 2. The van der Waals surface area contributed by atoms with Crippen molar-refractivity contribution < 1.29 is 39.5 Å². The van der Waals surface area contributed by atoms with Crippen molar-refractivity contribution in [3.8, 4) is 23.0 Å². The van der Waals surface area contributed by atoms with Gasteiger partial charge in [0, 0.05) is 36.1 Å². The van der Waals surface area contributed by atoms with E-state index < -0.39 is 11.9 Å². The van der Waals surface area contributed by atoms with Gasteiger partial charge in [-0.25, -0.2) is 9.59 Å². The third-order valence-corrected chi connectivity index (χ3v) is 5.78. The molecule has 0 unspecified atom stereocenters. The van der Waals surface area contributed by atoms with Gasteiger partial charge in [-0.15, -0.1) is 0 Å². The van der Waals surface area contributed by atoms with Crippen LogP contribution in [0.3, 0.4) is 0 Å². The molecule has 0 saturated carbocycles. The highest BCUT2D eigenvalue weighted by Crippen LogP contribution is 2.24. The lowest BCUT2D eigenvalue weighted by atomic mass is 10.1. The first-order valence-corrected chi connectivity index (χ1v) is 13.1. The molecule has 0 spiro atoms. The van der Waals surface area contributed by atoms with Gasteiger partial charge in [-0.1, -0.05) is 60.7 Å². The zero-order valence-corrected chi connectivity index (χ0v) is 22.8. The molecule has 0 bridgehead atoms. The molecule has 0 aliphatic heterocycles. The summed E-state index contributed by atoms with van der Waals surface area (Å²) in [6, 6.07) is 27.6. The summed E-state index contributed by atoms with van der Waals surface area (Å²) in [5, 5.41) is 37.7. The highest BCUT2D eigenvalue weighted by molar-refractivity contribution is 5.88. The summed E-state index contributed by atoms with van der Waals surface area (Å²) in [5.74, 6) is -0.973. The summed E-state index contributed by atoms with van der Waals surface area (Å²) in [4.78, 5) is 23.1. The monoisotopic (exact) mass is 568 g/mol. The van der Waals surface area contributed by atoms with Crippen LogP contribution in [0.5, 0.6) is 23.0 Å². The standard InChI is InChI=1S/2C17H16O4/c2*18-15-7-8-16(19)14(12-15)6-9-17(20)21-11-10-13-4-2-1-3-5-13/h2*1-9,12,18-19H,10-11H2/b9-6+;. The molecule has 0 radical (unpaired) electrons. The molecule has 4 aromatic rings. The summed E-state index contributed by atoms with van der Waals surface area (Å²) in [7, 11) is 0. The van der Waals surface area contributed by atoms with E-state index in [1.54, 1.807) is 0 Å². The van der Waals surface area contributed by atoms with E-state index in [9.17, 15) is 30.0 Å². The van der Waals surface area contributed by atoms with E-state index in [2.05, 4.69) is 0 Å². The van der Waals surface area contributed by atoms with Gasteiger partial charge in [0.15, 0.2) is 0 Å². The van der Waals surface area contributed by atoms with Gasteiger partial charge >= 0.3 is 11.9 Å². The van der Waals surface area contributed by atoms with Crippen LogP contribution in [-0.2, 0) is 31.9 Å². The average Bonchev–Trinajstić information content (AvgIpc) is 2.99. The molecule has 0 aromatic heterocycles. The molecule has 42 heavy (non-hydrogen) atoms. The molecular weight excluding hydrogens is 536 g/mol. The number of esters is 2. The fraction of sp³-hybridized carbons (Fsp3) is 0.118. The number of carbonyl (C=O) groups is 2. The molecule has 0 aliphatic carbocycles. The average molecular weight is 569 g/mol. The number of phenols is 4. The molecule has 0 aliphatic rings. The predicted molar refractivity (Wildman–Crippen MR) is 160 cm³/mol. The maximum absolute atomic E-state index is 11.5. The maximum atomic E-state index is 11.5. The molecule has 0 amide bonds. The van der Waals surface area contributed by atoms with Gasteiger partial charge in [0.2, 0.25) is 0 Å². The largest absolute Gasteiger partial charge is 0.508 e. The fourth-order valence-corrected chi connectivity index (χ4v) is 3.59. The summed E-state index contributed by atoms with van der Waals surface area (Å²) in [6.45, 7) is 0.582. The van der Waals surface area contributed by atoms with Crippen molar-refractivity contribution in [3.63, 3.8) is 0 Å². The molecule has 0 fully saturated rings. The summed E-state index contributed by atoms with van der Waals surface area (Å²) < 4.78 is 10.1. The molecule has 8 nitrogen and oxygen atoms in total. The van der Waals surface area contributed by atoms with Crippen molar-refractivity contribution in [3.05, 3.63) is 131 Å². The number of benzene rings is 4. The van der Waals surface area contributed by atoms with Crippen molar-refractivity contribution >= 4 is 24.1 Å². The minimum Gasteiger partial charge on any atom is -0.508 e. The van der Waals surface area contributed by atoms with Crippen LogP contribution in [0, 0.1) is 0 Å². The second-order valence-corrected chi connectivity index (χ2v) is 8.96. The molecule has 4 N–H and O–H groups in total. The van der Waals surface area contributed by atoms with Crippen molar-refractivity contribution in [2.75, 3.05) is 13.2 Å². The third kappa shape index (κ3) is 11.3. The predicted octanol–water partition coefficient (Wildman–Crippen LogP) is 5.79.